The maximum atomic E-state index is 5.23. The summed E-state index contributed by atoms with van der Waals surface area (Å²) in [6.45, 7) is 4.54. The molecular weight excluding hydrogens is 501 g/mol. The highest BCUT2D eigenvalue weighted by atomic mass is 127. The molecule has 2 N–H and O–H groups in total. The van der Waals surface area contributed by atoms with E-state index in [-0.39, 0.29) is 24.0 Å². The Kier molecular flexibility index (Phi) is 10.4. The van der Waals surface area contributed by atoms with Crippen LogP contribution in [0.4, 0.5) is 0 Å². The first-order chi connectivity index (χ1) is 14.7. The molecule has 0 aliphatic rings. The second-order valence-electron chi connectivity index (χ2n) is 7.35. The van der Waals surface area contributed by atoms with Crippen LogP contribution < -0.4 is 15.4 Å². The summed E-state index contributed by atoms with van der Waals surface area (Å²) in [5.41, 5.74) is 3.68. The Morgan fingerprint density at radius 3 is 2.48 bits per heavy atom. The molecule has 0 spiro atoms. The van der Waals surface area contributed by atoms with Crippen LogP contribution in [0.15, 0.2) is 72.0 Å². The van der Waals surface area contributed by atoms with Gasteiger partial charge in [0.2, 0.25) is 0 Å². The smallest absolute Gasteiger partial charge is 0.191 e. The van der Waals surface area contributed by atoms with Crippen molar-refractivity contribution in [2.75, 3.05) is 20.7 Å². The summed E-state index contributed by atoms with van der Waals surface area (Å²) in [4.78, 5) is 4.32. The van der Waals surface area contributed by atoms with E-state index in [1.54, 1.807) is 14.2 Å². The molecule has 3 rings (SSSR count). The molecule has 6 nitrogen and oxygen atoms in total. The van der Waals surface area contributed by atoms with E-state index < -0.39 is 0 Å². The minimum absolute atomic E-state index is 0. The highest BCUT2D eigenvalue weighted by molar-refractivity contribution is 14.0. The molecule has 0 radical (unpaired) electrons. The van der Waals surface area contributed by atoms with Crippen molar-refractivity contribution >= 4 is 29.9 Å². The highest BCUT2D eigenvalue weighted by Gasteiger charge is 2.07. The molecule has 1 unspecified atom stereocenters. The van der Waals surface area contributed by atoms with Crippen molar-refractivity contribution in [1.82, 2.24) is 20.4 Å². The quantitative estimate of drug-likeness (QED) is 0.243. The van der Waals surface area contributed by atoms with Crippen molar-refractivity contribution in [3.63, 3.8) is 0 Å². The van der Waals surface area contributed by atoms with E-state index in [0.717, 1.165) is 36.8 Å². The fourth-order valence-corrected chi connectivity index (χ4v) is 3.27. The third-order valence-corrected chi connectivity index (χ3v) is 5.11. The topological polar surface area (TPSA) is 63.5 Å². The van der Waals surface area contributed by atoms with Crippen LogP contribution in [0.1, 0.15) is 36.0 Å². The molecule has 0 aliphatic carbocycles. The SMILES string of the molecule is CN=C(NCCC(C)c1ccc(OC)cc1)NCc1cnn(Cc2ccccc2)c1.I. The summed E-state index contributed by atoms with van der Waals surface area (Å²) < 4.78 is 7.19. The largest absolute Gasteiger partial charge is 0.497 e. The zero-order valence-electron chi connectivity index (χ0n) is 18.4. The second-order valence-corrected chi connectivity index (χ2v) is 7.35. The number of methoxy groups -OCH3 is 1. The number of benzene rings is 2. The van der Waals surface area contributed by atoms with Gasteiger partial charge in [-0.3, -0.25) is 9.67 Å². The average Bonchev–Trinajstić information content (AvgIpc) is 3.24. The third kappa shape index (κ3) is 7.90. The Morgan fingerprint density at radius 1 is 1.06 bits per heavy atom. The summed E-state index contributed by atoms with van der Waals surface area (Å²) in [7, 11) is 3.48. The number of aromatic nitrogens is 2. The van der Waals surface area contributed by atoms with Crippen molar-refractivity contribution < 1.29 is 4.74 Å². The molecule has 0 saturated carbocycles. The lowest BCUT2D eigenvalue weighted by Gasteiger charge is -2.15. The van der Waals surface area contributed by atoms with Gasteiger partial charge in [-0.1, -0.05) is 49.4 Å². The third-order valence-electron chi connectivity index (χ3n) is 5.11. The van der Waals surface area contributed by atoms with Crippen LogP contribution in [0, 0.1) is 0 Å². The van der Waals surface area contributed by atoms with E-state index in [1.165, 1.54) is 11.1 Å². The summed E-state index contributed by atoms with van der Waals surface area (Å²) in [5.74, 6) is 2.14. The van der Waals surface area contributed by atoms with Crippen molar-refractivity contribution in [2.24, 2.45) is 4.99 Å². The molecule has 3 aromatic rings. The molecule has 0 saturated heterocycles. The predicted octanol–water partition coefficient (Wildman–Crippen LogP) is 4.42. The van der Waals surface area contributed by atoms with Crippen LogP contribution in [0.5, 0.6) is 5.75 Å². The van der Waals surface area contributed by atoms with Crippen molar-refractivity contribution in [2.45, 2.75) is 32.4 Å². The number of guanidine groups is 1. The highest BCUT2D eigenvalue weighted by Crippen LogP contribution is 2.21. The lowest BCUT2D eigenvalue weighted by atomic mass is 9.98. The van der Waals surface area contributed by atoms with E-state index in [0.29, 0.717) is 12.5 Å². The lowest BCUT2D eigenvalue weighted by molar-refractivity contribution is 0.414. The molecule has 1 heterocycles. The molecule has 0 fully saturated rings. The van der Waals surface area contributed by atoms with Crippen LogP contribution >= 0.6 is 24.0 Å². The molecular formula is C24H32IN5O. The van der Waals surface area contributed by atoms with E-state index >= 15 is 0 Å². The minimum atomic E-state index is 0. The van der Waals surface area contributed by atoms with Gasteiger partial charge in [-0.05, 0) is 35.6 Å². The summed E-state index contributed by atoms with van der Waals surface area (Å²) in [5, 5.41) is 11.2. The van der Waals surface area contributed by atoms with Gasteiger partial charge in [-0.15, -0.1) is 24.0 Å². The number of halogens is 1. The van der Waals surface area contributed by atoms with Gasteiger partial charge in [0.25, 0.3) is 0 Å². The number of rotatable bonds is 9. The first kappa shape index (κ1) is 24.7. The van der Waals surface area contributed by atoms with Gasteiger partial charge < -0.3 is 15.4 Å². The second kappa shape index (κ2) is 13.0. The molecule has 31 heavy (non-hydrogen) atoms. The van der Waals surface area contributed by atoms with Gasteiger partial charge in [0.15, 0.2) is 5.96 Å². The van der Waals surface area contributed by atoms with Crippen LogP contribution in [-0.4, -0.2) is 36.4 Å². The van der Waals surface area contributed by atoms with Crippen molar-refractivity contribution in [1.29, 1.82) is 0 Å². The van der Waals surface area contributed by atoms with Crippen LogP contribution in [0.2, 0.25) is 0 Å². The average molecular weight is 533 g/mol. The van der Waals surface area contributed by atoms with E-state index in [1.807, 2.05) is 41.2 Å². The van der Waals surface area contributed by atoms with Gasteiger partial charge in [0, 0.05) is 31.9 Å². The van der Waals surface area contributed by atoms with Crippen LogP contribution in [0.3, 0.4) is 0 Å². The zero-order valence-corrected chi connectivity index (χ0v) is 20.7. The zero-order chi connectivity index (χ0) is 21.2. The van der Waals surface area contributed by atoms with Gasteiger partial charge >= 0.3 is 0 Å². The monoisotopic (exact) mass is 533 g/mol. The first-order valence-corrected chi connectivity index (χ1v) is 10.3. The Bertz CT molecular complexity index is 925. The Hall–Kier alpha value is -2.55. The van der Waals surface area contributed by atoms with Gasteiger partial charge in [0.05, 0.1) is 19.9 Å². The molecule has 0 aliphatic heterocycles. The van der Waals surface area contributed by atoms with Crippen molar-refractivity contribution in [3.8, 4) is 5.75 Å². The molecule has 2 aromatic carbocycles. The number of nitrogens with zero attached hydrogens (tertiary/aromatic N) is 3. The molecule has 1 aromatic heterocycles. The minimum Gasteiger partial charge on any atom is -0.497 e. The number of nitrogens with one attached hydrogen (secondary N) is 2. The number of ether oxygens (including phenoxy) is 1. The summed E-state index contributed by atoms with van der Waals surface area (Å²) >= 11 is 0. The van der Waals surface area contributed by atoms with Crippen molar-refractivity contribution in [3.05, 3.63) is 83.7 Å². The standard InChI is InChI=1S/C24H31N5O.HI/c1-19(22-9-11-23(30-3)12-10-22)13-14-26-24(25-2)27-15-21-16-28-29(18-21)17-20-7-5-4-6-8-20;/h4-12,16,18-19H,13-15,17H2,1-3H3,(H2,25,26,27);1H. The predicted molar refractivity (Wildman–Crippen MR) is 137 cm³/mol. The molecule has 7 heteroatoms. The summed E-state index contributed by atoms with van der Waals surface area (Å²) in [6, 6.07) is 18.6. The molecule has 0 amide bonds. The Morgan fingerprint density at radius 2 is 1.81 bits per heavy atom. The Labute approximate surface area is 202 Å². The summed E-state index contributed by atoms with van der Waals surface area (Å²) in [6.07, 6.45) is 4.98. The fraction of sp³-hybridized carbons (Fsp3) is 0.333. The van der Waals surface area contributed by atoms with E-state index in [4.69, 9.17) is 4.74 Å². The van der Waals surface area contributed by atoms with E-state index in [9.17, 15) is 0 Å². The van der Waals surface area contributed by atoms with Gasteiger partial charge in [-0.2, -0.15) is 5.10 Å². The maximum Gasteiger partial charge on any atom is 0.191 e. The van der Waals surface area contributed by atoms with E-state index in [2.05, 4.69) is 58.1 Å². The molecule has 166 valence electrons. The van der Waals surface area contributed by atoms with Crippen LogP contribution in [0.25, 0.3) is 0 Å². The number of hydrogen-bond donors (Lipinski definition) is 2. The first-order valence-electron chi connectivity index (χ1n) is 10.3. The van der Waals surface area contributed by atoms with Gasteiger partial charge in [-0.25, -0.2) is 0 Å². The lowest BCUT2D eigenvalue weighted by Crippen LogP contribution is -2.37. The normalized spacial score (nSPS) is 12.0. The maximum absolute atomic E-state index is 5.23. The molecule has 1 atom stereocenters. The van der Waals surface area contributed by atoms with Crippen LogP contribution in [-0.2, 0) is 13.1 Å². The Balaban J connectivity index is 0.00000341. The molecule has 0 bridgehead atoms. The number of aliphatic imine (C=N–C) groups is 1. The number of hydrogen-bond acceptors (Lipinski definition) is 3. The fourth-order valence-electron chi connectivity index (χ4n) is 3.27. The van der Waals surface area contributed by atoms with Gasteiger partial charge in [0.1, 0.15) is 5.75 Å².